The molecule has 0 aliphatic rings. The molecule has 0 aromatic heterocycles. The molecule has 3 nitrogen and oxygen atoms in total. The third kappa shape index (κ3) is 3.32. The lowest BCUT2D eigenvalue weighted by Crippen LogP contribution is -2.12. The third-order valence-corrected chi connectivity index (χ3v) is 1.95. The highest BCUT2D eigenvalue weighted by molar-refractivity contribution is 7.80. The zero-order valence-corrected chi connectivity index (χ0v) is 8.59. The predicted molar refractivity (Wildman–Crippen MR) is 59.3 cm³/mol. The van der Waals surface area contributed by atoms with Gasteiger partial charge in [0.15, 0.2) is 0 Å². The van der Waals surface area contributed by atoms with Crippen molar-refractivity contribution in [3.05, 3.63) is 29.8 Å². The summed E-state index contributed by atoms with van der Waals surface area (Å²) in [5, 5.41) is 9.00. The molecule has 0 saturated heterocycles. The number of hydrogen-bond donors (Lipinski definition) is 2. The van der Waals surface area contributed by atoms with E-state index in [4.69, 9.17) is 27.8 Å². The van der Waals surface area contributed by atoms with Crippen LogP contribution in [0.1, 0.15) is 12.0 Å². The van der Waals surface area contributed by atoms with E-state index in [1.54, 1.807) is 0 Å². The lowest BCUT2D eigenvalue weighted by molar-refractivity contribution is 0.265. The van der Waals surface area contributed by atoms with Crippen molar-refractivity contribution in [1.82, 2.24) is 0 Å². The molecule has 0 saturated carbocycles. The molecule has 1 aromatic carbocycles. The van der Waals surface area contributed by atoms with Crippen molar-refractivity contribution >= 4 is 17.2 Å². The number of nitrogens with two attached hydrogens (primary N) is 1. The summed E-state index contributed by atoms with van der Waals surface area (Å²) in [6.45, 7) is 0.426. The Balaban J connectivity index is 2.53. The summed E-state index contributed by atoms with van der Waals surface area (Å²) >= 11 is 4.72. The zero-order valence-electron chi connectivity index (χ0n) is 7.77. The first-order valence-corrected chi connectivity index (χ1v) is 4.74. The first kappa shape index (κ1) is 10.9. The first-order chi connectivity index (χ1) is 6.74. The van der Waals surface area contributed by atoms with Gasteiger partial charge in [0.25, 0.3) is 0 Å². The number of rotatable bonds is 5. The summed E-state index contributed by atoms with van der Waals surface area (Å²) < 4.78 is 5.41. The number of thiocarbonyl (C=S) groups is 1. The normalized spacial score (nSPS) is 9.79. The predicted octanol–water partition coefficient (Wildman–Crippen LogP) is 1.23. The minimum atomic E-state index is -0.0246. The average Bonchev–Trinajstić information content (AvgIpc) is 2.18. The van der Waals surface area contributed by atoms with Gasteiger partial charge >= 0.3 is 0 Å². The van der Waals surface area contributed by atoms with E-state index in [0.29, 0.717) is 23.8 Å². The molecule has 0 unspecified atom stereocenters. The molecule has 4 heteroatoms. The van der Waals surface area contributed by atoms with Crippen LogP contribution in [0.25, 0.3) is 0 Å². The molecule has 0 spiro atoms. The Kier molecular flexibility index (Phi) is 4.35. The Labute approximate surface area is 88.5 Å². The summed E-state index contributed by atoms with van der Waals surface area (Å²) in [6.07, 6.45) is 0.551. The van der Waals surface area contributed by atoms with Crippen LogP contribution in [0.4, 0.5) is 0 Å². The quantitative estimate of drug-likeness (QED) is 0.719. The fourth-order valence-electron chi connectivity index (χ4n) is 1.04. The highest BCUT2D eigenvalue weighted by Crippen LogP contribution is 2.17. The van der Waals surface area contributed by atoms with Crippen LogP contribution >= 0.6 is 12.2 Å². The Morgan fingerprint density at radius 2 is 2.14 bits per heavy atom. The SMILES string of the molecule is NC(=S)CCOc1ccccc1CO. The van der Waals surface area contributed by atoms with Gasteiger partial charge in [-0.05, 0) is 6.07 Å². The van der Waals surface area contributed by atoms with Gasteiger partial charge in [0.05, 0.1) is 18.2 Å². The second kappa shape index (κ2) is 5.57. The summed E-state index contributed by atoms with van der Waals surface area (Å²) in [7, 11) is 0. The van der Waals surface area contributed by atoms with Gasteiger partial charge in [0, 0.05) is 12.0 Å². The fourth-order valence-corrected chi connectivity index (χ4v) is 1.12. The van der Waals surface area contributed by atoms with E-state index in [2.05, 4.69) is 0 Å². The maximum absolute atomic E-state index is 9.00. The molecule has 1 rings (SSSR count). The van der Waals surface area contributed by atoms with Crippen LogP contribution in [-0.2, 0) is 6.61 Å². The number of hydrogen-bond acceptors (Lipinski definition) is 3. The van der Waals surface area contributed by atoms with Gasteiger partial charge in [-0.1, -0.05) is 30.4 Å². The Morgan fingerprint density at radius 1 is 1.43 bits per heavy atom. The van der Waals surface area contributed by atoms with Crippen LogP contribution in [-0.4, -0.2) is 16.7 Å². The van der Waals surface area contributed by atoms with Crippen molar-refractivity contribution in [2.45, 2.75) is 13.0 Å². The van der Waals surface area contributed by atoms with Crippen LogP contribution in [0.3, 0.4) is 0 Å². The lowest BCUT2D eigenvalue weighted by atomic mass is 10.2. The molecule has 0 fully saturated rings. The van der Waals surface area contributed by atoms with Crippen LogP contribution in [0.15, 0.2) is 24.3 Å². The highest BCUT2D eigenvalue weighted by Gasteiger charge is 2.00. The van der Waals surface area contributed by atoms with Crippen molar-refractivity contribution in [3.63, 3.8) is 0 Å². The van der Waals surface area contributed by atoms with Crippen molar-refractivity contribution < 1.29 is 9.84 Å². The fraction of sp³-hybridized carbons (Fsp3) is 0.300. The number of ether oxygens (including phenoxy) is 1. The second-order valence-corrected chi connectivity index (χ2v) is 3.35. The minimum absolute atomic E-state index is 0.0246. The largest absolute Gasteiger partial charge is 0.493 e. The van der Waals surface area contributed by atoms with Crippen LogP contribution in [0, 0.1) is 0 Å². The van der Waals surface area contributed by atoms with Gasteiger partial charge in [-0.3, -0.25) is 0 Å². The van der Waals surface area contributed by atoms with Crippen molar-refractivity contribution in [3.8, 4) is 5.75 Å². The lowest BCUT2D eigenvalue weighted by Gasteiger charge is -2.08. The van der Waals surface area contributed by atoms with E-state index in [1.165, 1.54) is 0 Å². The number of aliphatic hydroxyl groups excluding tert-OH is 1. The summed E-state index contributed by atoms with van der Waals surface area (Å²) in [6, 6.07) is 7.34. The van der Waals surface area contributed by atoms with Crippen molar-refractivity contribution in [2.24, 2.45) is 5.73 Å². The minimum Gasteiger partial charge on any atom is -0.493 e. The van der Waals surface area contributed by atoms with Crippen molar-refractivity contribution in [1.29, 1.82) is 0 Å². The highest BCUT2D eigenvalue weighted by atomic mass is 32.1. The Bertz CT molecular complexity index is 315. The van der Waals surface area contributed by atoms with E-state index < -0.39 is 0 Å². The van der Waals surface area contributed by atoms with Crippen LogP contribution in [0.2, 0.25) is 0 Å². The van der Waals surface area contributed by atoms with E-state index in [9.17, 15) is 0 Å². The standard InChI is InChI=1S/C10H13NO2S/c11-10(14)5-6-13-9-4-2-1-3-8(9)7-12/h1-4,12H,5-7H2,(H2,11,14). The number of para-hydroxylation sites is 1. The molecule has 0 aliphatic heterocycles. The molecule has 3 N–H and O–H groups in total. The van der Waals surface area contributed by atoms with E-state index >= 15 is 0 Å². The van der Waals surface area contributed by atoms with Crippen LogP contribution in [0.5, 0.6) is 5.75 Å². The van der Waals surface area contributed by atoms with E-state index in [0.717, 1.165) is 5.56 Å². The maximum Gasteiger partial charge on any atom is 0.124 e. The zero-order chi connectivity index (χ0) is 10.4. The molecule has 0 radical (unpaired) electrons. The molecular formula is C10H13NO2S. The molecule has 0 heterocycles. The van der Waals surface area contributed by atoms with Gasteiger partial charge in [-0.25, -0.2) is 0 Å². The molecule has 14 heavy (non-hydrogen) atoms. The molecule has 1 aromatic rings. The Morgan fingerprint density at radius 3 is 2.79 bits per heavy atom. The Hall–Kier alpha value is -1.13. The molecule has 0 atom stereocenters. The number of benzene rings is 1. The smallest absolute Gasteiger partial charge is 0.124 e. The molecule has 0 aliphatic carbocycles. The van der Waals surface area contributed by atoms with E-state index in [1.807, 2.05) is 24.3 Å². The molecule has 76 valence electrons. The van der Waals surface area contributed by atoms with Gasteiger partial charge in [-0.2, -0.15) is 0 Å². The van der Waals surface area contributed by atoms with E-state index in [-0.39, 0.29) is 6.61 Å². The molecule has 0 amide bonds. The second-order valence-electron chi connectivity index (χ2n) is 2.83. The van der Waals surface area contributed by atoms with Gasteiger partial charge in [0.2, 0.25) is 0 Å². The number of aliphatic hydroxyl groups is 1. The summed E-state index contributed by atoms with van der Waals surface area (Å²) in [5.74, 6) is 0.686. The van der Waals surface area contributed by atoms with Crippen LogP contribution < -0.4 is 10.5 Å². The topological polar surface area (TPSA) is 55.5 Å². The third-order valence-electron chi connectivity index (χ3n) is 1.75. The summed E-state index contributed by atoms with van der Waals surface area (Å²) in [4.78, 5) is 0.437. The molecular weight excluding hydrogens is 198 g/mol. The van der Waals surface area contributed by atoms with Gasteiger partial charge in [-0.15, -0.1) is 0 Å². The monoisotopic (exact) mass is 211 g/mol. The maximum atomic E-state index is 9.00. The van der Waals surface area contributed by atoms with Gasteiger partial charge in [0.1, 0.15) is 5.75 Å². The summed E-state index contributed by atoms with van der Waals surface area (Å²) in [5.41, 5.74) is 6.10. The average molecular weight is 211 g/mol. The van der Waals surface area contributed by atoms with Gasteiger partial charge < -0.3 is 15.6 Å². The van der Waals surface area contributed by atoms with Crippen molar-refractivity contribution in [2.75, 3.05) is 6.61 Å². The first-order valence-electron chi connectivity index (χ1n) is 4.34. The molecule has 0 bridgehead atoms.